The van der Waals surface area contributed by atoms with Crippen molar-refractivity contribution in [2.75, 3.05) is 10.8 Å². The Labute approximate surface area is 245 Å². The van der Waals surface area contributed by atoms with E-state index in [9.17, 15) is 13.0 Å². The summed E-state index contributed by atoms with van der Waals surface area (Å²) < 4.78 is 43.5. The summed E-state index contributed by atoms with van der Waals surface area (Å²) in [5.74, 6) is 0.772. The fourth-order valence-corrected chi connectivity index (χ4v) is 8.25. The second kappa shape index (κ2) is 10.7. The fourth-order valence-electron chi connectivity index (χ4n) is 6.35. The molecule has 6 rings (SSSR count). The van der Waals surface area contributed by atoms with Crippen molar-refractivity contribution in [3.63, 3.8) is 0 Å². The number of fused-ring (bicyclic) bond motifs is 4. The van der Waals surface area contributed by atoms with Crippen molar-refractivity contribution >= 4 is 48.1 Å². The van der Waals surface area contributed by atoms with Gasteiger partial charge in [-0.2, -0.15) is 13.0 Å². The second-order valence-corrected chi connectivity index (χ2v) is 14.2. The van der Waals surface area contributed by atoms with Gasteiger partial charge >= 0.3 is 0 Å². The van der Waals surface area contributed by atoms with Crippen LogP contribution < -0.4 is 14.2 Å². The van der Waals surface area contributed by atoms with Crippen LogP contribution in [0.1, 0.15) is 38.6 Å². The quantitative estimate of drug-likeness (QED) is 0.180. The van der Waals surface area contributed by atoms with Crippen molar-refractivity contribution in [2.45, 2.75) is 46.6 Å². The fraction of sp³-hybridized carbons (Fsp3) is 0.303. The van der Waals surface area contributed by atoms with E-state index in [1.807, 2.05) is 53.8 Å². The highest BCUT2D eigenvalue weighted by atomic mass is 32.2. The first kappa shape index (κ1) is 27.7. The Balaban J connectivity index is 1.29. The molecule has 6 nitrogen and oxygen atoms in total. The molecule has 1 aliphatic carbocycles. The molecule has 3 aromatic carbocycles. The lowest BCUT2D eigenvalue weighted by molar-refractivity contribution is -0.671. The van der Waals surface area contributed by atoms with Gasteiger partial charge in [-0.15, -0.1) is 0 Å². The topological polar surface area (TPSA) is 70.7 Å². The normalized spacial score (nSPS) is 19.7. The zero-order valence-corrected chi connectivity index (χ0v) is 25.2. The third kappa shape index (κ3) is 5.82. The van der Waals surface area contributed by atoms with E-state index in [0.29, 0.717) is 23.2 Å². The largest absolute Gasteiger partial charge is 0.439 e. The Hall–Kier alpha value is -3.46. The molecular weight excluding hydrogens is 553 g/mol. The van der Waals surface area contributed by atoms with Crippen LogP contribution in [0.15, 0.2) is 96.4 Å². The molecule has 2 heterocycles. The third-order valence-electron chi connectivity index (χ3n) is 7.84. The van der Waals surface area contributed by atoms with Gasteiger partial charge in [0, 0.05) is 17.9 Å². The van der Waals surface area contributed by atoms with Crippen LogP contribution in [0.25, 0.3) is 21.0 Å². The van der Waals surface area contributed by atoms with Gasteiger partial charge in [-0.3, -0.25) is 9.45 Å². The average molecular weight is 588 g/mol. The van der Waals surface area contributed by atoms with Gasteiger partial charge in [-0.1, -0.05) is 91.4 Å². The molecule has 1 aromatic heterocycles. The summed E-state index contributed by atoms with van der Waals surface area (Å²) in [5, 5.41) is 3.24. The number of aromatic nitrogens is 1. The van der Waals surface area contributed by atoms with Crippen LogP contribution >= 0.6 is 11.3 Å². The smallest absolute Gasteiger partial charge is 0.283 e. The van der Waals surface area contributed by atoms with Crippen molar-refractivity contribution in [2.24, 2.45) is 11.3 Å². The number of benzene rings is 3. The van der Waals surface area contributed by atoms with Crippen LogP contribution in [-0.4, -0.2) is 18.8 Å². The molecule has 0 bridgehead atoms. The number of aryl methyl sites for hydroxylation is 1. The number of para-hydroxylation sites is 1. The number of nitrogens with zero attached hydrogens (tertiary/aromatic N) is 2. The van der Waals surface area contributed by atoms with E-state index < -0.39 is 16.0 Å². The molecule has 0 fully saturated rings. The minimum atomic E-state index is -4.30. The number of ether oxygens (including phenoxy) is 1. The molecule has 1 atom stereocenters. The molecule has 0 spiro atoms. The molecule has 4 aromatic rings. The summed E-state index contributed by atoms with van der Waals surface area (Å²) in [5.41, 5.74) is 3.37. The molecule has 1 unspecified atom stereocenters. The molecule has 212 valence electrons. The lowest BCUT2D eigenvalue weighted by Crippen LogP contribution is -2.36. The Morgan fingerprint density at radius 1 is 1.12 bits per heavy atom. The Bertz CT molecular complexity index is 1830. The molecule has 2 aliphatic rings. The van der Waals surface area contributed by atoms with E-state index in [1.165, 1.54) is 25.7 Å². The second-order valence-electron chi connectivity index (χ2n) is 11.7. The van der Waals surface area contributed by atoms with Crippen LogP contribution in [0.3, 0.4) is 0 Å². The van der Waals surface area contributed by atoms with Gasteiger partial charge < -0.3 is 4.74 Å². The molecule has 1 aliphatic heterocycles. The molecule has 0 radical (unpaired) electrons. The molecule has 0 amide bonds. The van der Waals surface area contributed by atoms with Crippen LogP contribution in [0.4, 0.5) is 5.69 Å². The zero-order chi connectivity index (χ0) is 28.8. The summed E-state index contributed by atoms with van der Waals surface area (Å²) in [6.45, 7) is 7.82. The Kier molecular flexibility index (Phi) is 7.26. The highest BCUT2D eigenvalue weighted by molar-refractivity contribution is 7.85. The lowest BCUT2D eigenvalue weighted by atomic mass is 9.72. The first-order chi connectivity index (χ1) is 19.6. The predicted molar refractivity (Wildman–Crippen MR) is 167 cm³/mol. The summed E-state index contributed by atoms with van der Waals surface area (Å²) in [4.78, 5) is 1.53. The monoisotopic (exact) mass is 587 g/mol. The maximum absolute atomic E-state index is 12.0. The Morgan fingerprint density at radius 3 is 2.71 bits per heavy atom. The van der Waals surface area contributed by atoms with E-state index in [4.69, 9.17) is 4.74 Å². The number of hydrogen-bond donors (Lipinski definition) is 1. The molecule has 0 saturated heterocycles. The van der Waals surface area contributed by atoms with Crippen molar-refractivity contribution < 1.29 is 22.3 Å². The number of anilines is 1. The number of rotatable bonds is 7. The maximum Gasteiger partial charge on any atom is 0.283 e. The molecule has 0 saturated carbocycles. The third-order valence-corrected chi connectivity index (χ3v) is 9.61. The van der Waals surface area contributed by atoms with Gasteiger partial charge in [0.25, 0.3) is 10.1 Å². The molecule has 8 heteroatoms. The van der Waals surface area contributed by atoms with Gasteiger partial charge in [-0.25, -0.2) is 0 Å². The first-order valence-electron chi connectivity index (χ1n) is 14.0. The Morgan fingerprint density at radius 2 is 1.90 bits per heavy atom. The average Bonchev–Trinajstić information content (AvgIpc) is 3.44. The SMILES string of the molecule is CC[n+]1c(CC2C=C(C=CC=C3Oc4ccc5ccccc5c4N3CS(=O)(=O)O)CC(C)(C)C2)sc2ccccc21. The van der Waals surface area contributed by atoms with Crippen molar-refractivity contribution in [3.8, 4) is 5.75 Å². The van der Waals surface area contributed by atoms with Crippen LogP contribution in [0, 0.1) is 11.3 Å². The highest BCUT2D eigenvalue weighted by Gasteiger charge is 2.32. The highest BCUT2D eigenvalue weighted by Crippen LogP contribution is 2.45. The summed E-state index contributed by atoms with van der Waals surface area (Å²) >= 11 is 1.89. The summed E-state index contributed by atoms with van der Waals surface area (Å²) in [6.07, 6.45) is 11.3. The molecule has 41 heavy (non-hydrogen) atoms. The summed E-state index contributed by atoms with van der Waals surface area (Å²) in [7, 11) is -4.30. The zero-order valence-electron chi connectivity index (χ0n) is 23.6. The van der Waals surface area contributed by atoms with Crippen LogP contribution in [0.2, 0.25) is 0 Å². The van der Waals surface area contributed by atoms with E-state index in [1.54, 1.807) is 6.08 Å². The minimum absolute atomic E-state index is 0.163. The lowest BCUT2D eigenvalue weighted by Gasteiger charge is -2.33. The van der Waals surface area contributed by atoms with E-state index in [0.717, 1.165) is 36.6 Å². The van der Waals surface area contributed by atoms with Crippen molar-refractivity contribution in [3.05, 3.63) is 101 Å². The molecule has 1 N–H and O–H groups in total. The van der Waals surface area contributed by atoms with Crippen LogP contribution in [0.5, 0.6) is 5.75 Å². The van der Waals surface area contributed by atoms with E-state index >= 15 is 0 Å². The van der Waals surface area contributed by atoms with E-state index in [2.05, 4.69) is 61.8 Å². The maximum atomic E-state index is 12.0. The standard InChI is InChI=1S/C33H34N2O4S2/c1-4-34-27-13-7-8-14-29(27)40-31(34)19-24-18-23(20-33(2,3)21-24)10-9-15-30-35(22-41(36,37)38)32-26-12-6-5-11-25(26)16-17-28(32)39-30/h5-18,24H,4,19-22H2,1-3H3/p+1. The van der Waals surface area contributed by atoms with Gasteiger partial charge in [0.1, 0.15) is 11.2 Å². The molecular formula is C33H35N2O4S2+. The summed E-state index contributed by atoms with van der Waals surface area (Å²) in [6, 6.07) is 20.2. The van der Waals surface area contributed by atoms with Gasteiger partial charge in [0.15, 0.2) is 11.6 Å². The minimum Gasteiger partial charge on any atom is -0.439 e. The van der Waals surface area contributed by atoms with E-state index in [-0.39, 0.29) is 5.41 Å². The van der Waals surface area contributed by atoms with Crippen molar-refractivity contribution in [1.29, 1.82) is 0 Å². The predicted octanol–water partition coefficient (Wildman–Crippen LogP) is 7.41. The first-order valence-corrected chi connectivity index (χ1v) is 16.4. The van der Waals surface area contributed by atoms with Gasteiger partial charge in [-0.05, 0) is 54.7 Å². The number of allylic oxidation sites excluding steroid dienone is 5. The van der Waals surface area contributed by atoms with Crippen molar-refractivity contribution in [1.82, 2.24) is 0 Å². The van der Waals surface area contributed by atoms with Crippen LogP contribution in [-0.2, 0) is 23.1 Å². The van der Waals surface area contributed by atoms with Gasteiger partial charge in [0.2, 0.25) is 16.4 Å². The number of thiazole rings is 1. The number of hydrogen-bond acceptors (Lipinski definition) is 5. The van der Waals surface area contributed by atoms with Gasteiger partial charge in [0.05, 0.1) is 5.69 Å².